The van der Waals surface area contributed by atoms with Crippen molar-refractivity contribution < 1.29 is 0 Å². The first-order chi connectivity index (χ1) is 10.7. The van der Waals surface area contributed by atoms with E-state index in [2.05, 4.69) is 61.3 Å². The lowest BCUT2D eigenvalue weighted by molar-refractivity contribution is 0.436. The van der Waals surface area contributed by atoms with E-state index in [0.29, 0.717) is 5.92 Å². The second-order valence-corrected chi connectivity index (χ2v) is 7.20. The van der Waals surface area contributed by atoms with Gasteiger partial charge in [0.25, 0.3) is 0 Å². The van der Waals surface area contributed by atoms with Crippen LogP contribution in [0.1, 0.15) is 44.2 Å². The lowest BCUT2D eigenvalue weighted by Crippen LogP contribution is -2.26. The highest BCUT2D eigenvalue weighted by Crippen LogP contribution is 2.65. The molecule has 0 spiro atoms. The smallest absolute Gasteiger partial charge is 0.0270 e. The van der Waals surface area contributed by atoms with Crippen LogP contribution in [0.5, 0.6) is 0 Å². The molecule has 2 saturated carbocycles. The molecule has 112 valence electrons. The van der Waals surface area contributed by atoms with E-state index in [4.69, 9.17) is 0 Å². The Labute approximate surface area is 133 Å². The minimum absolute atomic E-state index is 0.137. The molecule has 1 heteroatoms. The summed E-state index contributed by atoms with van der Waals surface area (Å²) in [5, 5.41) is 0. The fourth-order valence-electron chi connectivity index (χ4n) is 5.02. The van der Waals surface area contributed by atoms with Crippen molar-refractivity contribution in [1.82, 2.24) is 4.98 Å². The summed E-state index contributed by atoms with van der Waals surface area (Å²) in [6.07, 6.45) is 7.90. The van der Waals surface area contributed by atoms with Crippen molar-refractivity contribution in [3.05, 3.63) is 77.8 Å². The SMILES string of the molecule is CC1(C)[C](c2ccccc2)C2CCCC2[C]1c1ccncc1. The van der Waals surface area contributed by atoms with E-state index in [0.717, 1.165) is 5.92 Å². The van der Waals surface area contributed by atoms with Crippen molar-refractivity contribution in [2.24, 2.45) is 17.3 Å². The summed E-state index contributed by atoms with van der Waals surface area (Å²) in [7, 11) is 0. The van der Waals surface area contributed by atoms with Gasteiger partial charge in [-0.2, -0.15) is 0 Å². The summed E-state index contributed by atoms with van der Waals surface area (Å²) in [6, 6.07) is 15.4. The van der Waals surface area contributed by atoms with E-state index in [1.165, 1.54) is 30.4 Å². The number of fused-ring (bicyclic) bond motifs is 1. The molecule has 0 N–H and O–H groups in total. The van der Waals surface area contributed by atoms with Crippen LogP contribution in [0.2, 0.25) is 0 Å². The summed E-state index contributed by atoms with van der Waals surface area (Å²) in [6.45, 7) is 4.84. The van der Waals surface area contributed by atoms with Gasteiger partial charge in [-0.15, -0.1) is 0 Å². The first-order valence-corrected chi connectivity index (χ1v) is 8.40. The quantitative estimate of drug-likeness (QED) is 0.751. The molecular weight excluding hydrogens is 266 g/mol. The van der Waals surface area contributed by atoms with Gasteiger partial charge in [0, 0.05) is 24.2 Å². The van der Waals surface area contributed by atoms with Crippen molar-refractivity contribution in [1.29, 1.82) is 0 Å². The average molecular weight is 289 g/mol. The van der Waals surface area contributed by atoms with E-state index in [9.17, 15) is 0 Å². The largest absolute Gasteiger partial charge is 0.265 e. The van der Waals surface area contributed by atoms with Gasteiger partial charge in [-0.3, -0.25) is 4.98 Å². The van der Waals surface area contributed by atoms with Crippen molar-refractivity contribution in [2.75, 3.05) is 0 Å². The fraction of sp³-hybridized carbons (Fsp3) is 0.381. The highest BCUT2D eigenvalue weighted by molar-refractivity contribution is 5.51. The van der Waals surface area contributed by atoms with Crippen LogP contribution < -0.4 is 0 Å². The topological polar surface area (TPSA) is 12.9 Å². The third kappa shape index (κ3) is 2.02. The van der Waals surface area contributed by atoms with Gasteiger partial charge >= 0.3 is 0 Å². The Balaban J connectivity index is 1.81. The molecule has 0 saturated heterocycles. The molecule has 4 rings (SSSR count). The first-order valence-electron chi connectivity index (χ1n) is 8.40. The monoisotopic (exact) mass is 289 g/mol. The zero-order valence-corrected chi connectivity index (χ0v) is 13.4. The van der Waals surface area contributed by atoms with Gasteiger partial charge in [0.15, 0.2) is 0 Å². The Morgan fingerprint density at radius 2 is 1.36 bits per heavy atom. The second kappa shape index (κ2) is 5.22. The van der Waals surface area contributed by atoms with Crippen molar-refractivity contribution >= 4 is 0 Å². The molecule has 2 aliphatic rings. The summed E-state index contributed by atoms with van der Waals surface area (Å²) in [4.78, 5) is 4.21. The average Bonchev–Trinajstić information content (AvgIpc) is 3.05. The van der Waals surface area contributed by atoms with Crippen LogP contribution in [-0.4, -0.2) is 4.98 Å². The Kier molecular flexibility index (Phi) is 3.32. The molecule has 2 fully saturated rings. The predicted octanol–water partition coefficient (Wildman–Crippen LogP) is 5.08. The molecule has 2 aromatic rings. The molecule has 1 aromatic heterocycles. The number of nitrogens with zero attached hydrogens (tertiary/aromatic N) is 1. The van der Waals surface area contributed by atoms with Gasteiger partial charge in [-0.05, 0) is 53.4 Å². The molecular formula is C21H23N. The van der Waals surface area contributed by atoms with Crippen molar-refractivity contribution in [3.63, 3.8) is 0 Å². The Bertz CT molecular complexity index is 576. The van der Waals surface area contributed by atoms with Crippen LogP contribution in [0.4, 0.5) is 0 Å². The van der Waals surface area contributed by atoms with Gasteiger partial charge in [0.05, 0.1) is 0 Å². The highest BCUT2D eigenvalue weighted by Gasteiger charge is 2.57. The summed E-state index contributed by atoms with van der Waals surface area (Å²) < 4.78 is 0. The number of rotatable bonds is 2. The molecule has 2 unspecified atom stereocenters. The molecule has 1 nitrogen and oxygen atoms in total. The van der Waals surface area contributed by atoms with E-state index in [1.54, 1.807) is 11.8 Å². The van der Waals surface area contributed by atoms with Crippen molar-refractivity contribution in [3.8, 4) is 0 Å². The molecule has 2 aliphatic carbocycles. The number of aromatic nitrogens is 1. The van der Waals surface area contributed by atoms with E-state index in [-0.39, 0.29) is 5.41 Å². The third-order valence-corrected chi connectivity index (χ3v) is 5.68. The second-order valence-electron chi connectivity index (χ2n) is 7.20. The maximum atomic E-state index is 4.21. The molecule has 0 amide bonds. The molecule has 22 heavy (non-hydrogen) atoms. The van der Waals surface area contributed by atoms with Gasteiger partial charge in [0.2, 0.25) is 0 Å². The number of hydrogen-bond donors (Lipinski definition) is 0. The minimum Gasteiger partial charge on any atom is -0.265 e. The summed E-state index contributed by atoms with van der Waals surface area (Å²) in [5.74, 6) is 4.73. The number of pyridine rings is 1. The van der Waals surface area contributed by atoms with E-state index >= 15 is 0 Å². The normalized spacial score (nSPS) is 27.9. The maximum Gasteiger partial charge on any atom is 0.0270 e. The molecule has 0 bridgehead atoms. The lowest BCUT2D eigenvalue weighted by atomic mass is 9.68. The van der Waals surface area contributed by atoms with Crippen LogP contribution >= 0.6 is 0 Å². The highest BCUT2D eigenvalue weighted by atomic mass is 14.6. The van der Waals surface area contributed by atoms with Gasteiger partial charge < -0.3 is 0 Å². The molecule has 0 aliphatic heterocycles. The van der Waals surface area contributed by atoms with Crippen LogP contribution in [0.3, 0.4) is 0 Å². The molecule has 2 radical (unpaired) electrons. The zero-order valence-electron chi connectivity index (χ0n) is 13.4. The van der Waals surface area contributed by atoms with Crippen LogP contribution in [0.15, 0.2) is 54.9 Å². The minimum atomic E-state index is 0.137. The van der Waals surface area contributed by atoms with E-state index in [1.807, 2.05) is 12.4 Å². The Hall–Kier alpha value is -1.63. The molecule has 1 heterocycles. The standard InChI is InChI=1S/C21H23N/c1-21(2)19(15-7-4-3-5-8-15)17-9-6-10-18(17)20(21)16-11-13-22-14-12-16/h3-5,7-8,11-14,17-18H,6,9-10H2,1-2H3. The lowest BCUT2D eigenvalue weighted by Gasteiger charge is -2.35. The van der Waals surface area contributed by atoms with E-state index < -0.39 is 0 Å². The van der Waals surface area contributed by atoms with Gasteiger partial charge in [-0.25, -0.2) is 0 Å². The predicted molar refractivity (Wildman–Crippen MR) is 90.0 cm³/mol. The summed E-state index contributed by atoms with van der Waals surface area (Å²) in [5.41, 5.74) is 2.97. The zero-order chi connectivity index (χ0) is 15.2. The molecule has 1 aromatic carbocycles. The van der Waals surface area contributed by atoms with Crippen LogP contribution in [-0.2, 0) is 0 Å². The van der Waals surface area contributed by atoms with Crippen LogP contribution in [0.25, 0.3) is 0 Å². The third-order valence-electron chi connectivity index (χ3n) is 5.68. The maximum absolute atomic E-state index is 4.21. The Morgan fingerprint density at radius 1 is 0.818 bits per heavy atom. The molecule has 2 atom stereocenters. The fourth-order valence-corrected chi connectivity index (χ4v) is 5.02. The van der Waals surface area contributed by atoms with Crippen molar-refractivity contribution in [2.45, 2.75) is 33.1 Å². The Morgan fingerprint density at radius 3 is 1.95 bits per heavy atom. The number of hydrogen-bond acceptors (Lipinski definition) is 1. The van der Waals surface area contributed by atoms with Gasteiger partial charge in [-0.1, -0.05) is 50.6 Å². The summed E-state index contributed by atoms with van der Waals surface area (Å²) >= 11 is 0. The number of benzene rings is 1. The first kappa shape index (κ1) is 14.0. The van der Waals surface area contributed by atoms with Gasteiger partial charge in [0.1, 0.15) is 0 Å². The van der Waals surface area contributed by atoms with Crippen LogP contribution in [0, 0.1) is 29.1 Å².